The van der Waals surface area contributed by atoms with Crippen LogP contribution in [0.15, 0.2) is 30.3 Å². The Morgan fingerprint density at radius 3 is 2.84 bits per heavy atom. The Morgan fingerprint density at radius 1 is 1.53 bits per heavy atom. The molecule has 1 aliphatic heterocycles. The SMILES string of the molecule is CCOC(=O)[C@@]1(F)CN(Cc2ccccc2)C[C@@H]1O. The molecule has 2 rings (SSSR count). The van der Waals surface area contributed by atoms with Gasteiger partial charge in [-0.25, -0.2) is 9.18 Å². The molecule has 0 radical (unpaired) electrons. The number of hydrogen-bond acceptors (Lipinski definition) is 4. The van der Waals surface area contributed by atoms with E-state index in [1.807, 2.05) is 30.3 Å². The van der Waals surface area contributed by atoms with E-state index in [-0.39, 0.29) is 19.7 Å². The summed E-state index contributed by atoms with van der Waals surface area (Å²) < 4.78 is 19.2. The van der Waals surface area contributed by atoms with Gasteiger partial charge in [0.2, 0.25) is 5.67 Å². The number of likely N-dealkylation sites (tertiary alicyclic amines) is 1. The first-order valence-corrected chi connectivity index (χ1v) is 6.36. The van der Waals surface area contributed by atoms with Crippen LogP contribution in [-0.4, -0.2) is 47.4 Å². The van der Waals surface area contributed by atoms with E-state index in [0.717, 1.165) is 5.56 Å². The van der Waals surface area contributed by atoms with E-state index in [9.17, 15) is 14.3 Å². The van der Waals surface area contributed by atoms with Gasteiger partial charge in [-0.2, -0.15) is 0 Å². The minimum Gasteiger partial charge on any atom is -0.464 e. The molecule has 1 saturated heterocycles. The van der Waals surface area contributed by atoms with Crippen LogP contribution >= 0.6 is 0 Å². The predicted octanol–water partition coefficient (Wildman–Crippen LogP) is 1.13. The van der Waals surface area contributed by atoms with Gasteiger partial charge in [-0.05, 0) is 12.5 Å². The van der Waals surface area contributed by atoms with Gasteiger partial charge < -0.3 is 9.84 Å². The molecular weight excluding hydrogens is 249 g/mol. The van der Waals surface area contributed by atoms with Gasteiger partial charge in [0.15, 0.2) is 0 Å². The molecule has 4 nitrogen and oxygen atoms in total. The molecule has 19 heavy (non-hydrogen) atoms. The Balaban J connectivity index is 2.03. The van der Waals surface area contributed by atoms with E-state index in [1.54, 1.807) is 11.8 Å². The molecule has 1 N–H and O–H groups in total. The van der Waals surface area contributed by atoms with Crippen molar-refractivity contribution in [3.05, 3.63) is 35.9 Å². The number of alkyl halides is 1. The van der Waals surface area contributed by atoms with Gasteiger partial charge in [-0.1, -0.05) is 30.3 Å². The van der Waals surface area contributed by atoms with Crippen LogP contribution in [0.25, 0.3) is 0 Å². The quantitative estimate of drug-likeness (QED) is 0.831. The number of carbonyl (C=O) groups is 1. The van der Waals surface area contributed by atoms with Crippen LogP contribution < -0.4 is 0 Å². The van der Waals surface area contributed by atoms with Gasteiger partial charge in [0.05, 0.1) is 6.61 Å². The zero-order valence-corrected chi connectivity index (χ0v) is 10.9. The van der Waals surface area contributed by atoms with Crippen LogP contribution in [0, 0.1) is 0 Å². The number of aliphatic hydroxyl groups excluding tert-OH is 1. The molecule has 1 aliphatic rings. The smallest absolute Gasteiger partial charge is 0.348 e. The molecule has 0 aromatic heterocycles. The highest BCUT2D eigenvalue weighted by Crippen LogP contribution is 2.28. The lowest BCUT2D eigenvalue weighted by atomic mass is 10.0. The van der Waals surface area contributed by atoms with Crippen molar-refractivity contribution in [1.82, 2.24) is 4.90 Å². The highest BCUT2D eigenvalue weighted by molar-refractivity contribution is 5.81. The van der Waals surface area contributed by atoms with Gasteiger partial charge in [-0.15, -0.1) is 0 Å². The van der Waals surface area contributed by atoms with E-state index < -0.39 is 17.7 Å². The van der Waals surface area contributed by atoms with E-state index in [0.29, 0.717) is 6.54 Å². The summed E-state index contributed by atoms with van der Waals surface area (Å²) in [5.41, 5.74) is -1.30. The highest BCUT2D eigenvalue weighted by Gasteiger charge is 2.53. The fraction of sp³-hybridized carbons (Fsp3) is 0.500. The summed E-state index contributed by atoms with van der Waals surface area (Å²) in [5.74, 6) is -0.974. The van der Waals surface area contributed by atoms with E-state index in [1.165, 1.54) is 0 Å². The van der Waals surface area contributed by atoms with E-state index in [4.69, 9.17) is 4.74 Å². The third-order valence-corrected chi connectivity index (χ3v) is 3.28. The largest absolute Gasteiger partial charge is 0.464 e. The number of rotatable bonds is 4. The highest BCUT2D eigenvalue weighted by atomic mass is 19.1. The summed E-state index contributed by atoms with van der Waals surface area (Å²) in [6.45, 7) is 2.22. The molecule has 1 aromatic rings. The average Bonchev–Trinajstić information content (AvgIpc) is 2.67. The second kappa shape index (κ2) is 5.67. The van der Waals surface area contributed by atoms with Crippen molar-refractivity contribution >= 4 is 5.97 Å². The first-order chi connectivity index (χ1) is 9.06. The molecule has 0 aliphatic carbocycles. The van der Waals surface area contributed by atoms with Gasteiger partial charge >= 0.3 is 5.97 Å². The number of halogens is 1. The molecule has 0 unspecified atom stereocenters. The first-order valence-electron chi connectivity index (χ1n) is 6.36. The lowest BCUT2D eigenvalue weighted by Gasteiger charge is -2.20. The van der Waals surface area contributed by atoms with Crippen molar-refractivity contribution in [3.63, 3.8) is 0 Å². The van der Waals surface area contributed by atoms with Crippen LogP contribution in [0.4, 0.5) is 4.39 Å². The van der Waals surface area contributed by atoms with Gasteiger partial charge in [0, 0.05) is 19.6 Å². The number of aliphatic hydroxyl groups is 1. The standard InChI is InChI=1S/C14H18FNO3/c1-2-19-13(18)14(15)10-16(9-12(14)17)8-11-6-4-3-5-7-11/h3-7,12,17H,2,8-10H2,1H3/t12-,14+/m0/s1. The normalized spacial score (nSPS) is 27.4. The third-order valence-electron chi connectivity index (χ3n) is 3.28. The minimum atomic E-state index is -2.31. The van der Waals surface area contributed by atoms with Crippen molar-refractivity contribution in [2.24, 2.45) is 0 Å². The van der Waals surface area contributed by atoms with Crippen LogP contribution in [0.5, 0.6) is 0 Å². The maximum atomic E-state index is 14.5. The van der Waals surface area contributed by atoms with Gasteiger partial charge in [-0.3, -0.25) is 4.90 Å². The number of hydrogen-bond donors (Lipinski definition) is 1. The summed E-state index contributed by atoms with van der Waals surface area (Å²) in [6.07, 6.45) is -1.34. The summed E-state index contributed by atoms with van der Waals surface area (Å²) in [6, 6.07) is 9.55. The summed E-state index contributed by atoms with van der Waals surface area (Å²) in [4.78, 5) is 13.3. The molecule has 2 atom stereocenters. The minimum absolute atomic E-state index is 0.107. The zero-order chi connectivity index (χ0) is 13.9. The van der Waals surface area contributed by atoms with Crippen LogP contribution in [0.3, 0.4) is 0 Å². The molecule has 5 heteroatoms. The lowest BCUT2D eigenvalue weighted by Crippen LogP contribution is -2.46. The van der Waals surface area contributed by atoms with Gasteiger partial charge in [0.1, 0.15) is 6.10 Å². The summed E-state index contributed by atoms with van der Waals surface area (Å²) >= 11 is 0. The predicted molar refractivity (Wildman–Crippen MR) is 68.2 cm³/mol. The van der Waals surface area contributed by atoms with Gasteiger partial charge in [0.25, 0.3) is 0 Å². The first kappa shape index (κ1) is 14.0. The number of esters is 1. The number of benzene rings is 1. The van der Waals surface area contributed by atoms with Crippen molar-refractivity contribution in [2.45, 2.75) is 25.2 Å². The summed E-state index contributed by atoms with van der Waals surface area (Å²) in [5, 5.41) is 9.78. The number of nitrogens with zero attached hydrogens (tertiary/aromatic N) is 1. The Morgan fingerprint density at radius 2 is 2.21 bits per heavy atom. The molecule has 0 bridgehead atoms. The Kier molecular flexibility index (Phi) is 4.17. The molecule has 1 aromatic carbocycles. The van der Waals surface area contributed by atoms with Crippen molar-refractivity contribution in [1.29, 1.82) is 0 Å². The molecule has 104 valence electrons. The Labute approximate surface area is 111 Å². The lowest BCUT2D eigenvalue weighted by molar-refractivity contribution is -0.162. The monoisotopic (exact) mass is 267 g/mol. The fourth-order valence-corrected chi connectivity index (χ4v) is 2.30. The van der Waals surface area contributed by atoms with E-state index >= 15 is 0 Å². The topological polar surface area (TPSA) is 49.8 Å². The Bertz CT molecular complexity index is 440. The zero-order valence-electron chi connectivity index (χ0n) is 10.9. The fourth-order valence-electron chi connectivity index (χ4n) is 2.30. The number of ether oxygens (including phenoxy) is 1. The maximum Gasteiger partial charge on any atom is 0.348 e. The average molecular weight is 267 g/mol. The van der Waals surface area contributed by atoms with Crippen LogP contribution in [0.1, 0.15) is 12.5 Å². The number of β-amino-alcohol motifs (C(OH)–C–C–N with tert-alkyl or cyclic N) is 1. The second-order valence-corrected chi connectivity index (χ2v) is 4.75. The molecule has 1 heterocycles. The summed E-state index contributed by atoms with van der Waals surface area (Å²) in [7, 11) is 0. The van der Waals surface area contributed by atoms with Crippen LogP contribution in [0.2, 0.25) is 0 Å². The van der Waals surface area contributed by atoms with Crippen molar-refractivity contribution in [3.8, 4) is 0 Å². The Hall–Kier alpha value is -1.46. The molecular formula is C14H18FNO3. The third kappa shape index (κ3) is 2.93. The maximum absolute atomic E-state index is 14.5. The van der Waals surface area contributed by atoms with Crippen molar-refractivity contribution in [2.75, 3.05) is 19.7 Å². The van der Waals surface area contributed by atoms with E-state index in [2.05, 4.69) is 0 Å². The van der Waals surface area contributed by atoms with Crippen LogP contribution in [-0.2, 0) is 16.1 Å². The van der Waals surface area contributed by atoms with Crippen molar-refractivity contribution < 1.29 is 19.0 Å². The molecule has 0 saturated carbocycles. The number of carbonyl (C=O) groups excluding carboxylic acids is 1. The second-order valence-electron chi connectivity index (χ2n) is 4.75. The molecule has 0 spiro atoms. The molecule has 1 fully saturated rings. The molecule has 0 amide bonds.